The van der Waals surface area contributed by atoms with Crippen molar-refractivity contribution in [2.75, 3.05) is 5.32 Å². The highest BCUT2D eigenvalue weighted by atomic mass is 35.5. The van der Waals surface area contributed by atoms with Gasteiger partial charge >= 0.3 is 0 Å². The fraction of sp³-hybridized carbons (Fsp3) is 0.469. The fourth-order valence-corrected chi connectivity index (χ4v) is 7.05. The molecule has 1 spiro atoms. The SMILES string of the molecule is CC(C)c1ccc(NC(=O)C2[C@H]3C=CC4(O3)C(C(=O)NC3CCCCC3)N(Cc3ccc(Cl)cc3)C(=O)[C@@H]24)cc1. The van der Waals surface area contributed by atoms with Crippen LogP contribution in [0.15, 0.2) is 60.7 Å². The summed E-state index contributed by atoms with van der Waals surface area (Å²) in [5, 5.41) is 6.83. The van der Waals surface area contributed by atoms with E-state index in [1.54, 1.807) is 17.0 Å². The van der Waals surface area contributed by atoms with Crippen LogP contribution in [0.5, 0.6) is 0 Å². The van der Waals surface area contributed by atoms with E-state index in [4.69, 9.17) is 16.3 Å². The van der Waals surface area contributed by atoms with Crippen molar-refractivity contribution in [3.05, 3.63) is 76.8 Å². The van der Waals surface area contributed by atoms with Crippen molar-refractivity contribution >= 4 is 35.0 Å². The van der Waals surface area contributed by atoms with Crippen molar-refractivity contribution in [3.63, 3.8) is 0 Å². The average molecular weight is 562 g/mol. The van der Waals surface area contributed by atoms with Crippen LogP contribution in [0, 0.1) is 11.8 Å². The number of halogens is 1. The zero-order valence-corrected chi connectivity index (χ0v) is 23.7. The Bertz CT molecular complexity index is 1320. The number of likely N-dealkylation sites (tertiary alicyclic amines) is 1. The number of benzene rings is 2. The molecule has 1 saturated carbocycles. The summed E-state index contributed by atoms with van der Waals surface area (Å²) in [5.74, 6) is -1.86. The van der Waals surface area contributed by atoms with Gasteiger partial charge in [0.1, 0.15) is 11.6 Å². The van der Waals surface area contributed by atoms with E-state index in [0.717, 1.165) is 31.2 Å². The minimum Gasteiger partial charge on any atom is -0.359 e. The van der Waals surface area contributed by atoms with Gasteiger partial charge in [-0.25, -0.2) is 0 Å². The largest absolute Gasteiger partial charge is 0.359 e. The third-order valence-electron chi connectivity index (χ3n) is 8.99. The van der Waals surface area contributed by atoms with E-state index in [1.165, 1.54) is 12.0 Å². The third kappa shape index (κ3) is 4.73. The standard InChI is InChI=1S/C32H36ClN3O4/c1-19(2)21-10-14-24(15-11-21)34-29(37)26-25-16-17-32(40-25)27(26)31(39)36(18-20-8-12-22(33)13-9-20)28(32)30(38)35-23-6-4-3-5-7-23/h8-17,19,23,25-28H,3-7,18H2,1-2H3,(H,34,37)(H,35,38)/t25-,26?,27-,28?,32?/m1/s1. The number of anilines is 1. The van der Waals surface area contributed by atoms with Crippen molar-refractivity contribution in [1.82, 2.24) is 10.2 Å². The summed E-state index contributed by atoms with van der Waals surface area (Å²) in [5.41, 5.74) is 1.52. The molecular formula is C32H36ClN3O4. The van der Waals surface area contributed by atoms with Crippen LogP contribution in [-0.4, -0.2) is 46.4 Å². The van der Waals surface area contributed by atoms with E-state index in [-0.39, 0.29) is 30.3 Å². The summed E-state index contributed by atoms with van der Waals surface area (Å²) in [7, 11) is 0. The lowest BCUT2D eigenvalue weighted by Gasteiger charge is -2.34. The molecule has 210 valence electrons. The van der Waals surface area contributed by atoms with Crippen LogP contribution >= 0.6 is 11.6 Å². The molecule has 2 N–H and O–H groups in total. The van der Waals surface area contributed by atoms with Crippen molar-refractivity contribution in [2.24, 2.45) is 11.8 Å². The maximum atomic E-state index is 14.2. The van der Waals surface area contributed by atoms with Gasteiger partial charge in [0.05, 0.1) is 17.9 Å². The summed E-state index contributed by atoms with van der Waals surface area (Å²) >= 11 is 6.10. The van der Waals surface area contributed by atoms with Crippen molar-refractivity contribution in [3.8, 4) is 0 Å². The molecule has 1 aliphatic carbocycles. The zero-order valence-electron chi connectivity index (χ0n) is 22.9. The number of hydrogen-bond donors (Lipinski definition) is 2. The second-order valence-corrected chi connectivity index (χ2v) is 12.3. The van der Waals surface area contributed by atoms with E-state index < -0.39 is 29.6 Å². The van der Waals surface area contributed by atoms with Crippen LogP contribution in [-0.2, 0) is 25.7 Å². The van der Waals surface area contributed by atoms with Gasteiger partial charge < -0.3 is 20.3 Å². The summed E-state index contributed by atoms with van der Waals surface area (Å²) in [4.78, 5) is 43.4. The van der Waals surface area contributed by atoms with Gasteiger partial charge in [-0.3, -0.25) is 14.4 Å². The number of rotatable bonds is 7. The molecule has 2 aromatic rings. The van der Waals surface area contributed by atoms with Crippen LogP contribution in [0.3, 0.4) is 0 Å². The second-order valence-electron chi connectivity index (χ2n) is 11.9. The molecule has 2 bridgehead atoms. The Hall–Kier alpha value is -3.16. The number of fused-ring (bicyclic) bond motifs is 1. The average Bonchev–Trinajstić information content (AvgIpc) is 3.58. The third-order valence-corrected chi connectivity index (χ3v) is 9.24. The molecule has 8 heteroatoms. The Morgan fingerprint density at radius 3 is 2.40 bits per heavy atom. The Morgan fingerprint density at radius 1 is 1.02 bits per heavy atom. The highest BCUT2D eigenvalue weighted by molar-refractivity contribution is 6.30. The van der Waals surface area contributed by atoms with Gasteiger partial charge in [0, 0.05) is 23.3 Å². The number of hydrogen-bond acceptors (Lipinski definition) is 4. The molecule has 7 nitrogen and oxygen atoms in total. The molecule has 3 aliphatic heterocycles. The normalized spacial score (nSPS) is 29.2. The molecule has 2 aromatic carbocycles. The van der Waals surface area contributed by atoms with Gasteiger partial charge in [-0.1, -0.05) is 81.1 Å². The first-order valence-corrected chi connectivity index (χ1v) is 14.8. The highest BCUT2D eigenvalue weighted by Gasteiger charge is 2.72. The van der Waals surface area contributed by atoms with E-state index in [0.29, 0.717) is 16.6 Å². The second kappa shape index (κ2) is 10.7. The van der Waals surface area contributed by atoms with E-state index in [1.807, 2.05) is 48.6 Å². The molecule has 40 heavy (non-hydrogen) atoms. The van der Waals surface area contributed by atoms with Crippen molar-refractivity contribution in [1.29, 1.82) is 0 Å². The molecule has 3 fully saturated rings. The summed E-state index contributed by atoms with van der Waals surface area (Å²) in [6, 6.07) is 14.2. The maximum Gasteiger partial charge on any atom is 0.246 e. The summed E-state index contributed by atoms with van der Waals surface area (Å²) in [6.07, 6.45) is 8.34. The lowest BCUT2D eigenvalue weighted by atomic mass is 9.74. The zero-order chi connectivity index (χ0) is 28.0. The molecule has 2 saturated heterocycles. The monoisotopic (exact) mass is 561 g/mol. The van der Waals surface area contributed by atoms with Gasteiger partial charge in [-0.15, -0.1) is 0 Å². The van der Waals surface area contributed by atoms with Crippen LogP contribution in [0.25, 0.3) is 0 Å². The number of ether oxygens (including phenoxy) is 1. The van der Waals surface area contributed by atoms with Gasteiger partial charge in [-0.2, -0.15) is 0 Å². The molecule has 0 aromatic heterocycles. The maximum absolute atomic E-state index is 14.2. The molecule has 3 amide bonds. The van der Waals surface area contributed by atoms with Crippen LogP contribution in [0.1, 0.15) is 63.0 Å². The quantitative estimate of drug-likeness (QED) is 0.455. The van der Waals surface area contributed by atoms with Crippen LogP contribution < -0.4 is 10.6 Å². The first-order valence-electron chi connectivity index (χ1n) is 14.4. The van der Waals surface area contributed by atoms with Crippen LogP contribution in [0.2, 0.25) is 5.02 Å². The number of amides is 3. The van der Waals surface area contributed by atoms with E-state index in [2.05, 4.69) is 24.5 Å². The van der Waals surface area contributed by atoms with Gasteiger partial charge in [0.2, 0.25) is 17.7 Å². The summed E-state index contributed by atoms with van der Waals surface area (Å²) < 4.78 is 6.47. The predicted octanol–water partition coefficient (Wildman–Crippen LogP) is 5.20. The summed E-state index contributed by atoms with van der Waals surface area (Å²) in [6.45, 7) is 4.46. The van der Waals surface area contributed by atoms with E-state index >= 15 is 0 Å². The molecule has 5 atom stereocenters. The smallest absolute Gasteiger partial charge is 0.246 e. The highest BCUT2D eigenvalue weighted by Crippen LogP contribution is 2.55. The van der Waals surface area contributed by atoms with E-state index in [9.17, 15) is 14.4 Å². The molecule has 4 aliphatic rings. The number of nitrogens with zero attached hydrogens (tertiary/aromatic N) is 1. The predicted molar refractivity (Wildman–Crippen MR) is 154 cm³/mol. The molecule has 0 radical (unpaired) electrons. The molecule has 3 unspecified atom stereocenters. The van der Waals surface area contributed by atoms with Gasteiger partial charge in [-0.05, 0) is 54.2 Å². The first kappa shape index (κ1) is 27.0. The Kier molecular flexibility index (Phi) is 7.21. The van der Waals surface area contributed by atoms with Gasteiger partial charge in [0.15, 0.2) is 0 Å². The Balaban J connectivity index is 1.30. The van der Waals surface area contributed by atoms with Crippen LogP contribution in [0.4, 0.5) is 5.69 Å². The van der Waals surface area contributed by atoms with Gasteiger partial charge in [0.25, 0.3) is 0 Å². The topological polar surface area (TPSA) is 87.7 Å². The molecule has 3 heterocycles. The first-order chi connectivity index (χ1) is 19.3. The number of carbonyl (C=O) groups excluding carboxylic acids is 3. The van der Waals surface area contributed by atoms with Crippen molar-refractivity contribution < 1.29 is 19.1 Å². The fourth-order valence-electron chi connectivity index (χ4n) is 6.93. The number of carbonyl (C=O) groups is 3. The Morgan fingerprint density at radius 2 is 1.73 bits per heavy atom. The minimum absolute atomic E-state index is 0.0830. The minimum atomic E-state index is -1.18. The molecular weight excluding hydrogens is 526 g/mol. The lowest BCUT2D eigenvalue weighted by Crippen LogP contribution is -2.56. The molecule has 6 rings (SSSR count). The van der Waals surface area contributed by atoms with Crippen molar-refractivity contribution in [2.45, 2.75) is 82.2 Å². The lowest BCUT2D eigenvalue weighted by molar-refractivity contribution is -0.142. The number of nitrogens with one attached hydrogen (secondary N) is 2. The Labute approximate surface area is 240 Å².